The summed E-state index contributed by atoms with van der Waals surface area (Å²) in [7, 11) is 0. The van der Waals surface area contributed by atoms with Crippen LogP contribution in [0.3, 0.4) is 0 Å². The number of rotatable bonds is 9. The van der Waals surface area contributed by atoms with Crippen molar-refractivity contribution < 1.29 is 14.5 Å². The van der Waals surface area contributed by atoms with E-state index in [0.29, 0.717) is 6.54 Å². The Hall–Kier alpha value is -4.27. The second kappa shape index (κ2) is 10.9. The summed E-state index contributed by atoms with van der Waals surface area (Å²) >= 11 is 0. The summed E-state index contributed by atoms with van der Waals surface area (Å²) in [4.78, 5) is 40.2. The van der Waals surface area contributed by atoms with Crippen LogP contribution in [0.5, 0.6) is 0 Å². The van der Waals surface area contributed by atoms with Crippen molar-refractivity contribution in [3.63, 3.8) is 0 Å². The Kier molecular flexibility index (Phi) is 7.69. The Morgan fingerprint density at radius 1 is 1.03 bits per heavy atom. The van der Waals surface area contributed by atoms with Crippen molar-refractivity contribution in [3.05, 3.63) is 99.9 Å². The molecule has 9 nitrogen and oxygen atoms in total. The first-order valence-corrected chi connectivity index (χ1v) is 10.4. The van der Waals surface area contributed by atoms with Crippen LogP contribution < -0.4 is 16.0 Å². The standard InChI is InChI=1S/C24H25N5O4/c1-16(20-10-6-7-13-25-20)27-21-12-11-19(14-22(21)29(32)33)24(31)28-17(2)23(30)26-15-18-8-4-3-5-9-18/h3-14,16-17,27H,15H2,1-2H3,(H,26,30)(H,28,31). The molecule has 2 unspecified atom stereocenters. The number of hydrogen-bond acceptors (Lipinski definition) is 6. The number of aromatic nitrogens is 1. The average molecular weight is 447 g/mol. The monoisotopic (exact) mass is 447 g/mol. The van der Waals surface area contributed by atoms with Crippen molar-refractivity contribution in [2.75, 3.05) is 5.32 Å². The molecule has 0 saturated carbocycles. The quantitative estimate of drug-likeness (QED) is 0.340. The highest BCUT2D eigenvalue weighted by atomic mass is 16.6. The van der Waals surface area contributed by atoms with Crippen LogP contribution in [-0.2, 0) is 11.3 Å². The Balaban J connectivity index is 1.65. The molecular formula is C24H25N5O4. The number of nitro groups is 1. The molecule has 9 heteroatoms. The molecule has 0 fully saturated rings. The van der Waals surface area contributed by atoms with E-state index in [2.05, 4.69) is 20.9 Å². The van der Waals surface area contributed by atoms with Gasteiger partial charge in [-0.15, -0.1) is 0 Å². The Bertz CT molecular complexity index is 1120. The topological polar surface area (TPSA) is 126 Å². The van der Waals surface area contributed by atoms with E-state index in [0.717, 1.165) is 11.3 Å². The van der Waals surface area contributed by atoms with Gasteiger partial charge in [0, 0.05) is 24.4 Å². The number of carbonyl (C=O) groups is 2. The molecule has 1 aromatic heterocycles. The van der Waals surface area contributed by atoms with Crippen LogP contribution in [-0.4, -0.2) is 27.8 Å². The molecular weight excluding hydrogens is 422 g/mol. The van der Waals surface area contributed by atoms with E-state index in [9.17, 15) is 19.7 Å². The summed E-state index contributed by atoms with van der Waals surface area (Å²) in [5, 5.41) is 20.0. The normalized spacial score (nSPS) is 12.3. The number of nitrogens with zero attached hydrogens (tertiary/aromatic N) is 2. The predicted molar refractivity (Wildman–Crippen MR) is 125 cm³/mol. The molecule has 0 radical (unpaired) electrons. The van der Waals surface area contributed by atoms with E-state index < -0.39 is 16.9 Å². The number of hydrogen-bond donors (Lipinski definition) is 3. The number of pyridine rings is 1. The molecule has 0 aliphatic heterocycles. The minimum Gasteiger partial charge on any atom is -0.371 e. The average Bonchev–Trinajstić information content (AvgIpc) is 2.83. The molecule has 0 aliphatic rings. The van der Waals surface area contributed by atoms with Gasteiger partial charge in [-0.3, -0.25) is 24.7 Å². The zero-order valence-corrected chi connectivity index (χ0v) is 18.3. The number of nitro benzene ring substituents is 1. The Morgan fingerprint density at radius 3 is 2.42 bits per heavy atom. The molecule has 3 aromatic rings. The van der Waals surface area contributed by atoms with Gasteiger partial charge in [0.1, 0.15) is 11.7 Å². The van der Waals surface area contributed by atoms with Crippen LogP contribution in [0.4, 0.5) is 11.4 Å². The highest BCUT2D eigenvalue weighted by molar-refractivity contribution is 5.98. The van der Waals surface area contributed by atoms with Crippen LogP contribution >= 0.6 is 0 Å². The van der Waals surface area contributed by atoms with E-state index in [1.165, 1.54) is 18.2 Å². The fraction of sp³-hybridized carbons (Fsp3) is 0.208. The summed E-state index contributed by atoms with van der Waals surface area (Å²) in [5.41, 5.74) is 1.77. The number of nitrogens with one attached hydrogen (secondary N) is 3. The van der Waals surface area contributed by atoms with E-state index in [-0.39, 0.29) is 28.9 Å². The zero-order chi connectivity index (χ0) is 23.8. The van der Waals surface area contributed by atoms with Gasteiger partial charge in [-0.05, 0) is 43.7 Å². The second-order valence-corrected chi connectivity index (χ2v) is 7.51. The summed E-state index contributed by atoms with van der Waals surface area (Å²) in [6.07, 6.45) is 1.65. The van der Waals surface area contributed by atoms with E-state index in [1.54, 1.807) is 19.2 Å². The van der Waals surface area contributed by atoms with Crippen molar-refractivity contribution in [2.24, 2.45) is 0 Å². The van der Waals surface area contributed by atoms with Gasteiger partial charge in [-0.25, -0.2) is 0 Å². The van der Waals surface area contributed by atoms with Crippen molar-refractivity contribution in [2.45, 2.75) is 32.5 Å². The lowest BCUT2D eigenvalue weighted by Gasteiger charge is -2.16. The highest BCUT2D eigenvalue weighted by Crippen LogP contribution is 2.29. The van der Waals surface area contributed by atoms with Crippen molar-refractivity contribution in [1.82, 2.24) is 15.6 Å². The molecule has 1 heterocycles. The number of carbonyl (C=O) groups excluding carboxylic acids is 2. The third kappa shape index (κ3) is 6.36. The van der Waals surface area contributed by atoms with Gasteiger partial charge >= 0.3 is 0 Å². The summed E-state index contributed by atoms with van der Waals surface area (Å²) < 4.78 is 0. The molecule has 0 saturated heterocycles. The van der Waals surface area contributed by atoms with Crippen LogP contribution in [0.25, 0.3) is 0 Å². The second-order valence-electron chi connectivity index (χ2n) is 7.51. The van der Waals surface area contributed by atoms with Gasteiger partial charge in [0.15, 0.2) is 0 Å². The number of amides is 2. The van der Waals surface area contributed by atoms with Crippen LogP contribution in [0, 0.1) is 10.1 Å². The highest BCUT2D eigenvalue weighted by Gasteiger charge is 2.22. The van der Waals surface area contributed by atoms with Crippen molar-refractivity contribution in [1.29, 1.82) is 0 Å². The lowest BCUT2D eigenvalue weighted by molar-refractivity contribution is -0.384. The SMILES string of the molecule is CC(NC(=O)c1ccc(NC(C)c2ccccn2)c([N+](=O)[O-])c1)C(=O)NCc1ccccc1. The molecule has 170 valence electrons. The lowest BCUT2D eigenvalue weighted by atomic mass is 10.1. The zero-order valence-electron chi connectivity index (χ0n) is 18.3. The summed E-state index contributed by atoms with van der Waals surface area (Å²) in [6, 6.07) is 17.9. The van der Waals surface area contributed by atoms with Crippen LogP contribution in [0.15, 0.2) is 72.9 Å². The fourth-order valence-electron chi connectivity index (χ4n) is 3.17. The molecule has 2 atom stereocenters. The Morgan fingerprint density at radius 2 is 1.76 bits per heavy atom. The Labute approximate surface area is 191 Å². The largest absolute Gasteiger partial charge is 0.371 e. The molecule has 0 aliphatic carbocycles. The minimum absolute atomic E-state index is 0.0837. The first kappa shape index (κ1) is 23.4. The van der Waals surface area contributed by atoms with Gasteiger partial charge in [-0.2, -0.15) is 0 Å². The summed E-state index contributed by atoms with van der Waals surface area (Å²) in [5.74, 6) is -0.936. The van der Waals surface area contributed by atoms with E-state index in [4.69, 9.17) is 0 Å². The molecule has 2 amide bonds. The maximum Gasteiger partial charge on any atom is 0.293 e. The van der Waals surface area contributed by atoms with Gasteiger partial charge in [0.05, 0.1) is 16.7 Å². The van der Waals surface area contributed by atoms with Gasteiger partial charge in [-0.1, -0.05) is 36.4 Å². The molecule has 0 bridgehead atoms. The third-order valence-electron chi connectivity index (χ3n) is 5.01. The number of benzene rings is 2. The van der Waals surface area contributed by atoms with Crippen LogP contribution in [0.1, 0.15) is 41.5 Å². The molecule has 3 rings (SSSR count). The predicted octanol–water partition coefficient (Wildman–Crippen LogP) is 3.60. The van der Waals surface area contributed by atoms with E-state index in [1.807, 2.05) is 49.4 Å². The lowest BCUT2D eigenvalue weighted by Crippen LogP contribution is -2.44. The molecule has 33 heavy (non-hydrogen) atoms. The maximum absolute atomic E-state index is 12.6. The fourth-order valence-corrected chi connectivity index (χ4v) is 3.17. The smallest absolute Gasteiger partial charge is 0.293 e. The van der Waals surface area contributed by atoms with Gasteiger partial charge in [0.2, 0.25) is 5.91 Å². The maximum atomic E-state index is 12.6. The summed E-state index contributed by atoms with van der Waals surface area (Å²) in [6.45, 7) is 3.72. The minimum atomic E-state index is -0.817. The first-order chi connectivity index (χ1) is 15.8. The van der Waals surface area contributed by atoms with Crippen molar-refractivity contribution >= 4 is 23.2 Å². The van der Waals surface area contributed by atoms with Crippen LogP contribution in [0.2, 0.25) is 0 Å². The molecule has 2 aromatic carbocycles. The van der Waals surface area contributed by atoms with Gasteiger partial charge < -0.3 is 16.0 Å². The van der Waals surface area contributed by atoms with Crippen molar-refractivity contribution in [3.8, 4) is 0 Å². The van der Waals surface area contributed by atoms with E-state index >= 15 is 0 Å². The third-order valence-corrected chi connectivity index (χ3v) is 5.01. The number of anilines is 1. The van der Waals surface area contributed by atoms with Gasteiger partial charge in [0.25, 0.3) is 11.6 Å². The first-order valence-electron chi connectivity index (χ1n) is 10.4. The molecule has 3 N–H and O–H groups in total. The molecule has 0 spiro atoms.